The Morgan fingerprint density at radius 2 is 1.97 bits per heavy atom. The summed E-state index contributed by atoms with van der Waals surface area (Å²) in [5.74, 6) is -3.97. The number of carbonyl (C=O) groups excluding carboxylic acids is 1. The quantitative estimate of drug-likeness (QED) is 0.564. The van der Waals surface area contributed by atoms with Crippen LogP contribution in [0.2, 0.25) is 5.02 Å². The van der Waals surface area contributed by atoms with Crippen molar-refractivity contribution in [2.45, 2.75) is 32.4 Å². The Bertz CT molecular complexity index is 1080. The highest BCUT2D eigenvalue weighted by atomic mass is 35.5. The normalized spacial score (nSPS) is 16.0. The molecule has 8 heteroatoms. The Hall–Kier alpha value is -2.80. The molecule has 1 amide bonds. The number of aromatic nitrogens is 1. The fourth-order valence-electron chi connectivity index (χ4n) is 3.56. The third-order valence-corrected chi connectivity index (χ3v) is 5.26. The molecule has 2 heterocycles. The van der Waals surface area contributed by atoms with Gasteiger partial charge in [-0.2, -0.15) is 0 Å². The maximum atomic E-state index is 13.5. The Kier molecular flexibility index (Phi) is 5.08. The fraction of sp³-hybridized carbons (Fsp3) is 0.238. The van der Waals surface area contributed by atoms with Crippen LogP contribution in [0.25, 0.3) is 11.3 Å². The van der Waals surface area contributed by atoms with Crippen molar-refractivity contribution in [3.05, 3.63) is 75.7 Å². The number of halogens is 4. The van der Waals surface area contributed by atoms with E-state index in [1.165, 1.54) is 0 Å². The van der Waals surface area contributed by atoms with Gasteiger partial charge in [-0.15, -0.1) is 0 Å². The smallest absolute Gasteiger partial charge is 0.227 e. The van der Waals surface area contributed by atoms with Crippen LogP contribution in [0.1, 0.15) is 23.7 Å². The van der Waals surface area contributed by atoms with Crippen LogP contribution in [0.3, 0.4) is 0 Å². The third kappa shape index (κ3) is 3.74. The number of carbonyl (C=O) groups is 1. The molecule has 0 spiro atoms. The predicted octanol–water partition coefficient (Wildman–Crippen LogP) is 4.93. The molecule has 0 N–H and O–H groups in total. The van der Waals surface area contributed by atoms with Gasteiger partial charge in [0.05, 0.1) is 18.7 Å². The number of rotatable bonds is 3. The molecule has 150 valence electrons. The summed E-state index contributed by atoms with van der Waals surface area (Å²) in [6.07, 6.45) is 0.239. The predicted molar refractivity (Wildman–Crippen MR) is 101 cm³/mol. The zero-order valence-electron chi connectivity index (χ0n) is 15.4. The van der Waals surface area contributed by atoms with Gasteiger partial charge in [-0.05, 0) is 36.8 Å². The van der Waals surface area contributed by atoms with Gasteiger partial charge in [0, 0.05) is 28.6 Å². The van der Waals surface area contributed by atoms with Crippen molar-refractivity contribution >= 4 is 17.5 Å². The summed E-state index contributed by atoms with van der Waals surface area (Å²) in [6.45, 7) is 2.10. The second kappa shape index (κ2) is 7.55. The van der Waals surface area contributed by atoms with Gasteiger partial charge in [0.1, 0.15) is 0 Å². The average Bonchev–Trinajstić information content (AvgIpc) is 3.08. The number of benzene rings is 2. The highest BCUT2D eigenvalue weighted by Crippen LogP contribution is 2.33. The van der Waals surface area contributed by atoms with Gasteiger partial charge in [-0.25, -0.2) is 13.2 Å². The van der Waals surface area contributed by atoms with E-state index >= 15 is 0 Å². The average molecular weight is 421 g/mol. The van der Waals surface area contributed by atoms with E-state index in [2.05, 4.69) is 5.16 Å². The molecule has 2 aromatic carbocycles. The molecule has 0 aliphatic carbocycles. The summed E-state index contributed by atoms with van der Waals surface area (Å²) in [5.41, 5.74) is 2.35. The molecular formula is C21H16ClF3N2O2. The van der Waals surface area contributed by atoms with Crippen molar-refractivity contribution in [1.82, 2.24) is 10.1 Å². The van der Waals surface area contributed by atoms with E-state index in [1.807, 2.05) is 13.0 Å². The Labute approximate surface area is 169 Å². The molecule has 1 atom stereocenters. The number of hydrogen-bond acceptors (Lipinski definition) is 3. The second-order valence-electron chi connectivity index (χ2n) is 7.07. The molecular weight excluding hydrogens is 405 g/mol. The molecule has 4 nitrogen and oxygen atoms in total. The summed E-state index contributed by atoms with van der Waals surface area (Å²) >= 11 is 6.06. The molecule has 0 bridgehead atoms. The van der Waals surface area contributed by atoms with Crippen LogP contribution in [0, 0.1) is 17.5 Å². The highest BCUT2D eigenvalue weighted by molar-refractivity contribution is 6.30. The van der Waals surface area contributed by atoms with Gasteiger partial charge >= 0.3 is 0 Å². The first kappa shape index (κ1) is 19.5. The molecule has 0 fully saturated rings. The van der Waals surface area contributed by atoms with E-state index in [0.29, 0.717) is 17.2 Å². The van der Waals surface area contributed by atoms with E-state index in [0.717, 1.165) is 29.0 Å². The van der Waals surface area contributed by atoms with E-state index in [1.54, 1.807) is 23.1 Å². The van der Waals surface area contributed by atoms with Crippen LogP contribution >= 0.6 is 11.6 Å². The van der Waals surface area contributed by atoms with Gasteiger partial charge in [0.25, 0.3) is 0 Å². The minimum atomic E-state index is -1.55. The van der Waals surface area contributed by atoms with Crippen molar-refractivity contribution in [3.8, 4) is 11.3 Å². The van der Waals surface area contributed by atoms with E-state index < -0.39 is 17.5 Å². The van der Waals surface area contributed by atoms with Crippen LogP contribution < -0.4 is 0 Å². The summed E-state index contributed by atoms with van der Waals surface area (Å²) in [4.78, 5) is 14.4. The largest absolute Gasteiger partial charge is 0.356 e. The third-order valence-electron chi connectivity index (χ3n) is 5.02. The van der Waals surface area contributed by atoms with E-state index in [9.17, 15) is 18.0 Å². The van der Waals surface area contributed by atoms with Crippen LogP contribution in [-0.4, -0.2) is 22.0 Å². The maximum absolute atomic E-state index is 13.5. The highest BCUT2D eigenvalue weighted by Gasteiger charge is 2.32. The first-order valence-electron chi connectivity index (χ1n) is 8.99. The van der Waals surface area contributed by atoms with Crippen LogP contribution in [0.15, 0.2) is 40.9 Å². The monoisotopic (exact) mass is 420 g/mol. The van der Waals surface area contributed by atoms with Crippen molar-refractivity contribution in [2.24, 2.45) is 0 Å². The Morgan fingerprint density at radius 1 is 1.24 bits per heavy atom. The van der Waals surface area contributed by atoms with Gasteiger partial charge in [0.15, 0.2) is 23.2 Å². The number of amides is 1. The minimum absolute atomic E-state index is 0.0739. The molecule has 0 saturated carbocycles. The summed E-state index contributed by atoms with van der Waals surface area (Å²) in [6, 6.07) is 8.62. The molecule has 1 aliphatic heterocycles. The van der Waals surface area contributed by atoms with Crippen molar-refractivity contribution < 1.29 is 22.5 Å². The summed E-state index contributed by atoms with van der Waals surface area (Å²) < 4.78 is 45.6. The van der Waals surface area contributed by atoms with Crippen LogP contribution in [0.4, 0.5) is 13.2 Å². The lowest BCUT2D eigenvalue weighted by Crippen LogP contribution is -2.43. The lowest BCUT2D eigenvalue weighted by atomic mass is 9.96. The van der Waals surface area contributed by atoms with E-state index in [4.69, 9.17) is 16.1 Å². The molecule has 0 unspecified atom stereocenters. The molecule has 1 aliphatic rings. The van der Waals surface area contributed by atoms with Crippen molar-refractivity contribution in [1.29, 1.82) is 0 Å². The van der Waals surface area contributed by atoms with Crippen molar-refractivity contribution in [3.63, 3.8) is 0 Å². The lowest BCUT2D eigenvalue weighted by Gasteiger charge is -2.33. The SMILES string of the molecule is C[C@H]1Cc2noc(-c3cccc(Cl)c3)c2CN1C(=O)Cc1cc(F)c(F)c(F)c1. The first-order chi connectivity index (χ1) is 13.8. The first-order valence-corrected chi connectivity index (χ1v) is 9.37. The van der Waals surface area contributed by atoms with Gasteiger partial charge in [-0.1, -0.05) is 28.9 Å². The number of nitrogens with zero attached hydrogens (tertiary/aromatic N) is 2. The topological polar surface area (TPSA) is 46.3 Å². The molecule has 0 radical (unpaired) electrons. The Balaban J connectivity index is 1.60. The van der Waals surface area contributed by atoms with Gasteiger partial charge < -0.3 is 9.42 Å². The lowest BCUT2D eigenvalue weighted by molar-refractivity contribution is -0.133. The maximum Gasteiger partial charge on any atom is 0.227 e. The zero-order valence-corrected chi connectivity index (χ0v) is 16.1. The van der Waals surface area contributed by atoms with Gasteiger partial charge in [0.2, 0.25) is 5.91 Å². The molecule has 3 aromatic rings. The number of fused-ring (bicyclic) bond motifs is 1. The zero-order chi connectivity index (χ0) is 20.7. The summed E-state index contributed by atoms with van der Waals surface area (Å²) in [7, 11) is 0. The Morgan fingerprint density at radius 3 is 2.66 bits per heavy atom. The number of hydrogen-bond donors (Lipinski definition) is 0. The molecule has 29 heavy (non-hydrogen) atoms. The fourth-order valence-corrected chi connectivity index (χ4v) is 3.75. The second-order valence-corrected chi connectivity index (χ2v) is 7.51. The van der Waals surface area contributed by atoms with Crippen LogP contribution in [0.5, 0.6) is 0 Å². The summed E-state index contributed by atoms with van der Waals surface area (Å²) in [5, 5.41) is 4.67. The van der Waals surface area contributed by atoms with E-state index in [-0.39, 0.29) is 30.5 Å². The van der Waals surface area contributed by atoms with Gasteiger partial charge in [-0.3, -0.25) is 4.79 Å². The molecule has 0 saturated heterocycles. The van der Waals surface area contributed by atoms with Crippen LogP contribution in [-0.2, 0) is 24.2 Å². The minimum Gasteiger partial charge on any atom is -0.356 e. The standard InChI is InChI=1S/C21H16ClF3N2O2/c1-11-5-18-15(21(29-26-18)13-3-2-4-14(22)9-13)10-27(11)19(28)8-12-6-16(23)20(25)17(24)7-12/h2-4,6-7,9,11H,5,8,10H2,1H3/t11-/m0/s1. The molecule has 1 aromatic heterocycles. The molecule has 4 rings (SSSR count). The van der Waals surface area contributed by atoms with Crippen molar-refractivity contribution in [2.75, 3.05) is 0 Å².